The first-order valence-electron chi connectivity index (χ1n) is 6.66. The Morgan fingerprint density at radius 3 is 2.76 bits per heavy atom. The van der Waals surface area contributed by atoms with E-state index in [2.05, 4.69) is 10.0 Å². The van der Waals surface area contributed by atoms with Crippen LogP contribution in [0.15, 0.2) is 35.4 Å². The van der Waals surface area contributed by atoms with Crippen molar-refractivity contribution in [2.45, 2.75) is 36.9 Å². The average Bonchev–Trinajstić information content (AvgIpc) is 2.53. The molecule has 0 saturated carbocycles. The minimum absolute atomic E-state index is 0.228. The van der Waals surface area contributed by atoms with E-state index < -0.39 is 36.9 Å². The Balaban J connectivity index is 1.76. The molecule has 0 aromatic heterocycles. The van der Waals surface area contributed by atoms with Crippen LogP contribution in [0.4, 0.5) is 0 Å². The van der Waals surface area contributed by atoms with Gasteiger partial charge in [0.2, 0.25) is 0 Å². The highest BCUT2D eigenvalue weighted by molar-refractivity contribution is 5.16. The van der Waals surface area contributed by atoms with Gasteiger partial charge in [-0.1, -0.05) is 35.4 Å². The van der Waals surface area contributed by atoms with E-state index in [1.807, 2.05) is 30.3 Å². The topological polar surface area (TPSA) is 123 Å². The summed E-state index contributed by atoms with van der Waals surface area (Å²) in [6.45, 7) is 0.228. The first-order chi connectivity index (χ1) is 10.2. The third-order valence-electron chi connectivity index (χ3n) is 3.67. The number of hydrogen-bond donors (Lipinski definition) is 2. The molecule has 0 amide bonds. The molecule has 8 nitrogen and oxygen atoms in total. The fraction of sp³-hybridized carbons (Fsp3) is 0.538. The Kier molecular flexibility index (Phi) is 4.07. The molecule has 112 valence electrons. The number of nitrogens with zero attached hydrogens (tertiary/aromatic N) is 3. The lowest BCUT2D eigenvalue weighted by Gasteiger charge is -2.46. The highest BCUT2D eigenvalue weighted by atomic mass is 16.7. The van der Waals surface area contributed by atoms with Gasteiger partial charge >= 0.3 is 0 Å². The zero-order chi connectivity index (χ0) is 14.8. The van der Waals surface area contributed by atoms with Crippen LogP contribution >= 0.6 is 0 Å². The number of rotatable bonds is 2. The van der Waals surface area contributed by atoms with Gasteiger partial charge < -0.3 is 25.1 Å². The van der Waals surface area contributed by atoms with Crippen molar-refractivity contribution in [3.8, 4) is 0 Å². The molecule has 1 aromatic rings. The normalized spacial score (nSPS) is 39.1. The van der Waals surface area contributed by atoms with Crippen molar-refractivity contribution in [3.63, 3.8) is 0 Å². The number of nitrogens with two attached hydrogens (primary N) is 1. The molecule has 2 fully saturated rings. The second-order valence-electron chi connectivity index (χ2n) is 5.01. The van der Waals surface area contributed by atoms with E-state index in [1.54, 1.807) is 0 Å². The number of fused-ring (bicyclic) bond motifs is 1. The van der Waals surface area contributed by atoms with Gasteiger partial charge in [-0.2, -0.15) is 0 Å². The summed E-state index contributed by atoms with van der Waals surface area (Å²) in [6, 6.07) is 8.58. The van der Waals surface area contributed by atoms with Crippen LogP contribution < -0.4 is 5.73 Å². The molecule has 1 aromatic carbocycles. The maximum Gasteiger partial charge on any atom is 0.184 e. The summed E-state index contributed by atoms with van der Waals surface area (Å²) in [4.78, 5) is 2.67. The zero-order valence-corrected chi connectivity index (χ0v) is 11.1. The van der Waals surface area contributed by atoms with Crippen LogP contribution in [0.25, 0.3) is 10.4 Å². The summed E-state index contributed by atoms with van der Waals surface area (Å²) in [5.41, 5.74) is 15.2. The Labute approximate surface area is 121 Å². The highest BCUT2D eigenvalue weighted by Gasteiger charge is 2.47. The van der Waals surface area contributed by atoms with Gasteiger partial charge in [0.1, 0.15) is 18.3 Å². The molecule has 2 saturated heterocycles. The van der Waals surface area contributed by atoms with E-state index in [1.165, 1.54) is 0 Å². The zero-order valence-electron chi connectivity index (χ0n) is 11.1. The van der Waals surface area contributed by atoms with E-state index in [9.17, 15) is 5.11 Å². The first-order valence-corrected chi connectivity index (χ1v) is 6.66. The number of benzene rings is 1. The van der Waals surface area contributed by atoms with Crippen LogP contribution in [-0.4, -0.2) is 42.3 Å². The lowest BCUT2D eigenvalue weighted by Crippen LogP contribution is -2.63. The fourth-order valence-corrected chi connectivity index (χ4v) is 2.56. The number of ether oxygens (including phenoxy) is 3. The largest absolute Gasteiger partial charge is 0.389 e. The van der Waals surface area contributed by atoms with Gasteiger partial charge in [-0.3, -0.25) is 0 Å². The molecule has 0 bridgehead atoms. The number of aliphatic hydroxyl groups is 1. The number of azide groups is 1. The summed E-state index contributed by atoms with van der Waals surface area (Å²) in [5.74, 6) is 0. The molecular formula is C13H16N4O4. The smallest absolute Gasteiger partial charge is 0.184 e. The van der Waals surface area contributed by atoms with Crippen LogP contribution in [0.5, 0.6) is 0 Å². The molecule has 8 heteroatoms. The van der Waals surface area contributed by atoms with Gasteiger partial charge in [0, 0.05) is 10.5 Å². The van der Waals surface area contributed by atoms with E-state index in [-0.39, 0.29) is 6.61 Å². The van der Waals surface area contributed by atoms with Crippen LogP contribution in [0.2, 0.25) is 0 Å². The van der Waals surface area contributed by atoms with E-state index >= 15 is 0 Å². The Morgan fingerprint density at radius 2 is 2.05 bits per heavy atom. The van der Waals surface area contributed by atoms with Crippen LogP contribution in [-0.2, 0) is 14.2 Å². The molecule has 2 aliphatic heterocycles. The van der Waals surface area contributed by atoms with Crippen molar-refractivity contribution < 1.29 is 19.3 Å². The van der Waals surface area contributed by atoms with E-state index in [0.29, 0.717) is 0 Å². The molecule has 2 heterocycles. The van der Waals surface area contributed by atoms with Crippen molar-refractivity contribution in [2.75, 3.05) is 6.61 Å². The molecule has 0 aliphatic carbocycles. The fourth-order valence-electron chi connectivity index (χ4n) is 2.56. The van der Waals surface area contributed by atoms with Crippen molar-refractivity contribution in [1.29, 1.82) is 0 Å². The molecule has 3 rings (SSSR count). The minimum Gasteiger partial charge on any atom is -0.389 e. The number of aliphatic hydroxyl groups excluding tert-OH is 1. The Hall–Kier alpha value is -1.67. The number of hydrogen-bond acceptors (Lipinski definition) is 6. The van der Waals surface area contributed by atoms with E-state index in [4.69, 9.17) is 25.5 Å². The minimum atomic E-state index is -0.991. The summed E-state index contributed by atoms with van der Waals surface area (Å²) >= 11 is 0. The predicted octanol–water partition coefficient (Wildman–Crippen LogP) is 0.824. The second kappa shape index (κ2) is 5.98. The summed E-state index contributed by atoms with van der Waals surface area (Å²) in [7, 11) is 0. The summed E-state index contributed by atoms with van der Waals surface area (Å²) < 4.78 is 16.9. The SMILES string of the molecule is [N-]=[N+]=N[C@@H]1O[C@@H]2CO[C@@H](c3ccccc3)O[C@H]2[C@H](O)[C@H]1N. The first kappa shape index (κ1) is 14.3. The molecule has 0 radical (unpaired) electrons. The summed E-state index contributed by atoms with van der Waals surface area (Å²) in [5, 5.41) is 13.7. The molecule has 21 heavy (non-hydrogen) atoms. The third kappa shape index (κ3) is 2.73. The molecule has 6 atom stereocenters. The lowest BCUT2D eigenvalue weighted by atomic mass is 9.96. The van der Waals surface area contributed by atoms with Crippen molar-refractivity contribution in [2.24, 2.45) is 10.8 Å². The van der Waals surface area contributed by atoms with Crippen molar-refractivity contribution >= 4 is 0 Å². The molecule has 3 N–H and O–H groups in total. The molecule has 0 spiro atoms. The van der Waals surface area contributed by atoms with Crippen LogP contribution in [0, 0.1) is 0 Å². The van der Waals surface area contributed by atoms with Crippen LogP contribution in [0.3, 0.4) is 0 Å². The van der Waals surface area contributed by atoms with Crippen LogP contribution in [0.1, 0.15) is 11.9 Å². The highest BCUT2D eigenvalue weighted by Crippen LogP contribution is 2.33. The molecule has 0 unspecified atom stereocenters. The van der Waals surface area contributed by atoms with Gasteiger partial charge in [0.15, 0.2) is 12.5 Å². The maximum absolute atomic E-state index is 10.3. The van der Waals surface area contributed by atoms with Crippen molar-refractivity contribution in [3.05, 3.63) is 46.3 Å². The third-order valence-corrected chi connectivity index (χ3v) is 3.67. The summed E-state index contributed by atoms with van der Waals surface area (Å²) in [6.07, 6.45) is -3.63. The van der Waals surface area contributed by atoms with Gasteiger partial charge in [-0.25, -0.2) is 0 Å². The standard InChI is InChI=1S/C13H16N4O4/c14-9-10(18)11-8(20-12(9)16-17-15)6-19-13(21-11)7-4-2-1-3-5-7/h1-5,8-13,18H,6,14H2/t8-,9-,10-,11-,12-,13-/m1/s1. The Morgan fingerprint density at radius 1 is 1.29 bits per heavy atom. The van der Waals surface area contributed by atoms with Gasteiger partial charge in [0.25, 0.3) is 0 Å². The maximum atomic E-state index is 10.3. The average molecular weight is 292 g/mol. The Bertz CT molecular complexity index is 534. The van der Waals surface area contributed by atoms with Gasteiger partial charge in [-0.05, 0) is 5.53 Å². The lowest BCUT2D eigenvalue weighted by molar-refractivity contribution is -0.312. The van der Waals surface area contributed by atoms with Crippen molar-refractivity contribution in [1.82, 2.24) is 0 Å². The molecular weight excluding hydrogens is 276 g/mol. The van der Waals surface area contributed by atoms with Gasteiger partial charge in [0.05, 0.1) is 12.6 Å². The quantitative estimate of drug-likeness (QED) is 0.474. The molecule has 2 aliphatic rings. The predicted molar refractivity (Wildman–Crippen MR) is 71.8 cm³/mol. The second-order valence-corrected chi connectivity index (χ2v) is 5.01. The van der Waals surface area contributed by atoms with Gasteiger partial charge in [-0.15, -0.1) is 0 Å². The monoisotopic (exact) mass is 292 g/mol. The van der Waals surface area contributed by atoms with E-state index in [0.717, 1.165) is 5.56 Å².